The molecule has 3 fully saturated rings. The predicted molar refractivity (Wildman–Crippen MR) is 145 cm³/mol. The molecule has 1 aromatic rings. The van der Waals surface area contributed by atoms with Crippen molar-refractivity contribution in [1.29, 1.82) is 0 Å². The van der Waals surface area contributed by atoms with Crippen LogP contribution in [0.5, 0.6) is 0 Å². The van der Waals surface area contributed by atoms with Gasteiger partial charge in [-0.15, -0.1) is 0 Å². The Morgan fingerprint density at radius 1 is 0.743 bits per heavy atom. The third-order valence-corrected chi connectivity index (χ3v) is 10.5. The van der Waals surface area contributed by atoms with Gasteiger partial charge in [-0.3, -0.25) is 4.79 Å². The van der Waals surface area contributed by atoms with Gasteiger partial charge in [0.05, 0.1) is 0 Å². The summed E-state index contributed by atoms with van der Waals surface area (Å²) in [6, 6.07) is 3.72. The SMILES string of the molecule is CCCC1CCC(C2CCC(C3CCC(CCc4ccc(C(=O)CC)c(C)c4F)CC3)CC2)CC1. The number of ketones is 1. The Bertz CT molecular complexity index is 805. The average Bonchev–Trinajstić information content (AvgIpc) is 2.90. The molecule has 35 heavy (non-hydrogen) atoms. The van der Waals surface area contributed by atoms with E-state index in [1.54, 1.807) is 6.92 Å². The van der Waals surface area contributed by atoms with Gasteiger partial charge in [0.1, 0.15) is 5.82 Å². The number of Topliss-reactive ketones (excluding diaryl/α,β-unsaturated/α-hetero) is 1. The number of carbonyl (C=O) groups excluding carboxylic acids is 1. The summed E-state index contributed by atoms with van der Waals surface area (Å²) in [6.45, 7) is 5.95. The Kier molecular flexibility index (Phi) is 9.88. The molecule has 1 aromatic carbocycles. The van der Waals surface area contributed by atoms with E-state index in [0.29, 0.717) is 17.5 Å². The van der Waals surface area contributed by atoms with Crippen molar-refractivity contribution in [3.8, 4) is 0 Å². The van der Waals surface area contributed by atoms with Gasteiger partial charge in [-0.25, -0.2) is 4.39 Å². The van der Waals surface area contributed by atoms with Gasteiger partial charge in [0.25, 0.3) is 0 Å². The third kappa shape index (κ3) is 6.78. The van der Waals surface area contributed by atoms with Crippen LogP contribution in [-0.2, 0) is 6.42 Å². The summed E-state index contributed by atoms with van der Waals surface area (Å²) >= 11 is 0. The minimum absolute atomic E-state index is 0.0414. The number of rotatable bonds is 9. The van der Waals surface area contributed by atoms with Crippen LogP contribution in [0.15, 0.2) is 12.1 Å². The molecule has 0 atom stereocenters. The number of carbonyl (C=O) groups is 1. The highest BCUT2D eigenvalue weighted by molar-refractivity contribution is 5.97. The van der Waals surface area contributed by atoms with E-state index in [1.165, 1.54) is 89.9 Å². The standard InChI is InChI=1S/C33H51FO/c1-4-6-24-7-12-26(13-8-24)28-17-19-29(20-18-28)27-14-9-25(10-15-27)11-16-30-21-22-31(32(35)5-2)23(3)33(30)34/h21-22,24-29H,4-20H2,1-3H3. The van der Waals surface area contributed by atoms with Crippen LogP contribution in [0, 0.1) is 48.2 Å². The number of halogens is 1. The lowest BCUT2D eigenvalue weighted by molar-refractivity contribution is 0.0987. The lowest BCUT2D eigenvalue weighted by atomic mass is 9.64. The van der Waals surface area contributed by atoms with Gasteiger partial charge >= 0.3 is 0 Å². The van der Waals surface area contributed by atoms with Crippen LogP contribution in [0.3, 0.4) is 0 Å². The van der Waals surface area contributed by atoms with Gasteiger partial charge in [-0.1, -0.05) is 64.5 Å². The second-order valence-electron chi connectivity index (χ2n) is 12.6. The first-order chi connectivity index (χ1) is 17.0. The maximum absolute atomic E-state index is 14.9. The van der Waals surface area contributed by atoms with Crippen molar-refractivity contribution >= 4 is 5.78 Å². The van der Waals surface area contributed by atoms with Crippen molar-refractivity contribution in [1.82, 2.24) is 0 Å². The van der Waals surface area contributed by atoms with E-state index < -0.39 is 0 Å². The van der Waals surface area contributed by atoms with Gasteiger partial charge in [0.15, 0.2) is 5.78 Å². The van der Waals surface area contributed by atoms with Crippen LogP contribution in [0.4, 0.5) is 4.39 Å². The van der Waals surface area contributed by atoms with Crippen molar-refractivity contribution in [2.75, 3.05) is 0 Å². The zero-order valence-corrected chi connectivity index (χ0v) is 22.9. The van der Waals surface area contributed by atoms with Gasteiger partial charge in [-0.2, -0.15) is 0 Å². The first-order valence-electron chi connectivity index (χ1n) is 15.3. The van der Waals surface area contributed by atoms with E-state index in [1.807, 2.05) is 19.1 Å². The molecular formula is C33H51FO. The molecule has 0 N–H and O–H groups in total. The predicted octanol–water partition coefficient (Wildman–Crippen LogP) is 9.88. The lowest BCUT2D eigenvalue weighted by Gasteiger charge is -2.41. The molecule has 2 heteroatoms. The number of hydrogen-bond donors (Lipinski definition) is 0. The molecule has 0 spiro atoms. The minimum Gasteiger partial charge on any atom is -0.294 e. The van der Waals surface area contributed by atoms with Crippen LogP contribution in [0.25, 0.3) is 0 Å². The fourth-order valence-corrected chi connectivity index (χ4v) is 8.18. The molecule has 0 heterocycles. The van der Waals surface area contributed by atoms with Gasteiger partial charge in [0, 0.05) is 12.0 Å². The van der Waals surface area contributed by atoms with Crippen LogP contribution in [0.1, 0.15) is 138 Å². The van der Waals surface area contributed by atoms with Crippen LogP contribution in [0.2, 0.25) is 0 Å². The molecular weight excluding hydrogens is 431 g/mol. The van der Waals surface area contributed by atoms with Crippen molar-refractivity contribution in [3.63, 3.8) is 0 Å². The molecule has 1 nitrogen and oxygen atoms in total. The first-order valence-corrected chi connectivity index (χ1v) is 15.3. The zero-order chi connectivity index (χ0) is 24.8. The molecule has 0 unspecified atom stereocenters. The average molecular weight is 483 g/mol. The molecule has 0 amide bonds. The van der Waals surface area contributed by atoms with Gasteiger partial charge in [-0.05, 0) is 118 Å². The maximum atomic E-state index is 14.9. The Morgan fingerprint density at radius 2 is 1.20 bits per heavy atom. The van der Waals surface area contributed by atoms with E-state index in [-0.39, 0.29) is 11.6 Å². The molecule has 0 saturated heterocycles. The number of hydrogen-bond acceptors (Lipinski definition) is 1. The highest BCUT2D eigenvalue weighted by Gasteiger charge is 2.34. The van der Waals surface area contributed by atoms with Crippen molar-refractivity contribution in [3.05, 3.63) is 34.6 Å². The molecule has 3 aliphatic rings. The van der Waals surface area contributed by atoms with E-state index in [4.69, 9.17) is 0 Å². The molecule has 0 aromatic heterocycles. The Hall–Kier alpha value is -1.18. The van der Waals surface area contributed by atoms with E-state index in [9.17, 15) is 9.18 Å². The Balaban J connectivity index is 1.17. The van der Waals surface area contributed by atoms with E-state index in [0.717, 1.165) is 53.9 Å². The number of benzene rings is 1. The summed E-state index contributed by atoms with van der Waals surface area (Å²) in [5.41, 5.74) is 1.91. The molecule has 3 saturated carbocycles. The van der Waals surface area contributed by atoms with E-state index in [2.05, 4.69) is 6.92 Å². The monoisotopic (exact) mass is 482 g/mol. The lowest BCUT2D eigenvalue weighted by Crippen LogP contribution is -2.29. The normalized spacial score (nSPS) is 31.9. The molecule has 0 bridgehead atoms. The number of aryl methyl sites for hydroxylation is 1. The van der Waals surface area contributed by atoms with Crippen molar-refractivity contribution in [2.45, 2.75) is 130 Å². The fraction of sp³-hybridized carbons (Fsp3) is 0.788. The molecule has 4 rings (SSSR count). The smallest absolute Gasteiger partial charge is 0.162 e. The second kappa shape index (κ2) is 12.9. The largest absolute Gasteiger partial charge is 0.294 e. The fourth-order valence-electron chi connectivity index (χ4n) is 8.18. The Morgan fingerprint density at radius 3 is 1.66 bits per heavy atom. The topological polar surface area (TPSA) is 17.1 Å². The highest BCUT2D eigenvalue weighted by Crippen LogP contribution is 2.46. The van der Waals surface area contributed by atoms with E-state index >= 15 is 0 Å². The van der Waals surface area contributed by atoms with Crippen molar-refractivity contribution in [2.24, 2.45) is 35.5 Å². The van der Waals surface area contributed by atoms with Gasteiger partial charge < -0.3 is 0 Å². The molecule has 0 aliphatic heterocycles. The summed E-state index contributed by atoms with van der Waals surface area (Å²) < 4.78 is 14.9. The van der Waals surface area contributed by atoms with Crippen LogP contribution >= 0.6 is 0 Å². The molecule has 0 radical (unpaired) electrons. The maximum Gasteiger partial charge on any atom is 0.162 e. The summed E-state index contributed by atoms with van der Waals surface area (Å²) in [6.07, 6.45) is 22.7. The molecule has 196 valence electrons. The summed E-state index contributed by atoms with van der Waals surface area (Å²) in [5.74, 6) is 5.68. The summed E-state index contributed by atoms with van der Waals surface area (Å²) in [5, 5.41) is 0. The Labute approximate surface area is 215 Å². The first kappa shape index (κ1) is 26.9. The van der Waals surface area contributed by atoms with Crippen LogP contribution in [-0.4, -0.2) is 5.78 Å². The quantitative estimate of drug-likeness (QED) is 0.320. The summed E-state index contributed by atoms with van der Waals surface area (Å²) in [7, 11) is 0. The van der Waals surface area contributed by atoms with Crippen molar-refractivity contribution < 1.29 is 9.18 Å². The second-order valence-corrected chi connectivity index (χ2v) is 12.6. The van der Waals surface area contributed by atoms with Gasteiger partial charge in [0.2, 0.25) is 0 Å². The highest BCUT2D eigenvalue weighted by atomic mass is 19.1. The summed E-state index contributed by atoms with van der Waals surface area (Å²) in [4.78, 5) is 12.0. The minimum atomic E-state index is -0.145. The van der Waals surface area contributed by atoms with Crippen LogP contribution < -0.4 is 0 Å². The third-order valence-electron chi connectivity index (χ3n) is 10.5. The molecule has 3 aliphatic carbocycles. The zero-order valence-electron chi connectivity index (χ0n) is 22.9.